The minimum atomic E-state index is -0.988. The minimum absolute atomic E-state index is 0.810. The Morgan fingerprint density at radius 3 is 2.85 bits per heavy atom. The highest BCUT2D eigenvalue weighted by atomic mass is 16.5. The van der Waals surface area contributed by atoms with E-state index < -0.39 is 5.79 Å². The molecule has 5 rings (SSSR count). The highest BCUT2D eigenvalue weighted by Gasteiger charge is 2.28. The van der Waals surface area contributed by atoms with Crippen molar-refractivity contribution in [3.63, 3.8) is 0 Å². The van der Waals surface area contributed by atoms with Crippen LogP contribution in [-0.4, -0.2) is 55.5 Å². The summed E-state index contributed by atoms with van der Waals surface area (Å²) in [5.74, 6) is -0.0897. The van der Waals surface area contributed by atoms with Crippen LogP contribution in [0.25, 0.3) is 10.9 Å². The second-order valence-corrected chi connectivity index (χ2v) is 8.74. The molecule has 2 aliphatic heterocycles. The predicted molar refractivity (Wildman–Crippen MR) is 133 cm³/mol. The van der Waals surface area contributed by atoms with Crippen LogP contribution in [0.1, 0.15) is 23.2 Å². The van der Waals surface area contributed by atoms with Crippen LogP contribution in [0.5, 0.6) is 0 Å². The molecule has 2 aromatic carbocycles. The van der Waals surface area contributed by atoms with Crippen molar-refractivity contribution >= 4 is 17.1 Å². The molecule has 2 aliphatic rings. The number of rotatable bonds is 8. The van der Waals surface area contributed by atoms with Crippen LogP contribution in [0.4, 0.5) is 0 Å². The first kappa shape index (κ1) is 21.7. The van der Waals surface area contributed by atoms with Gasteiger partial charge in [-0.2, -0.15) is 0 Å². The molecule has 0 aliphatic carbocycles. The van der Waals surface area contributed by atoms with E-state index in [0.29, 0.717) is 0 Å². The third kappa shape index (κ3) is 5.27. The summed E-state index contributed by atoms with van der Waals surface area (Å²) in [6.45, 7) is 5.67. The van der Waals surface area contributed by atoms with Crippen molar-refractivity contribution in [2.24, 2.45) is 10.7 Å². The van der Waals surface area contributed by atoms with Gasteiger partial charge in [0.1, 0.15) is 5.82 Å². The zero-order chi connectivity index (χ0) is 22.5. The van der Waals surface area contributed by atoms with E-state index in [1.165, 1.54) is 16.6 Å². The van der Waals surface area contributed by atoms with Gasteiger partial charge >= 0.3 is 0 Å². The number of fused-ring (bicyclic) bond motifs is 1. The standard InChI is InChI=1S/C26H32N6O/c27-26(29-11-9-25(31-26)28-10-4-12-32-13-15-33-16-14-32)22-7-3-5-20(17-22)18-23-19-21-6-1-2-8-24(21)30-23/h1-3,5-9,11,17,19,28,30-31H,4,10,12-16,18,27H2. The fourth-order valence-electron chi connectivity index (χ4n) is 4.48. The number of aromatic amines is 1. The molecular formula is C26H32N6O. The molecule has 0 radical (unpaired) electrons. The molecule has 1 unspecified atom stereocenters. The smallest absolute Gasteiger partial charge is 0.210 e. The van der Waals surface area contributed by atoms with Crippen LogP contribution in [0.3, 0.4) is 0 Å². The number of para-hydroxylation sites is 1. The highest BCUT2D eigenvalue weighted by molar-refractivity contribution is 5.80. The average molecular weight is 445 g/mol. The molecule has 0 saturated carbocycles. The molecule has 7 heteroatoms. The fourth-order valence-corrected chi connectivity index (χ4v) is 4.48. The maximum absolute atomic E-state index is 6.70. The maximum Gasteiger partial charge on any atom is 0.210 e. The Kier molecular flexibility index (Phi) is 6.44. The first-order valence-corrected chi connectivity index (χ1v) is 11.7. The van der Waals surface area contributed by atoms with Gasteiger partial charge in [-0.15, -0.1) is 0 Å². The number of nitrogens with two attached hydrogens (primary N) is 1. The van der Waals surface area contributed by atoms with E-state index in [1.54, 1.807) is 6.21 Å². The molecule has 0 amide bonds. The molecule has 7 nitrogen and oxygen atoms in total. The predicted octanol–water partition coefficient (Wildman–Crippen LogP) is 2.66. The van der Waals surface area contributed by atoms with Crippen LogP contribution in [0, 0.1) is 0 Å². The summed E-state index contributed by atoms with van der Waals surface area (Å²) in [5.41, 5.74) is 11.2. The summed E-state index contributed by atoms with van der Waals surface area (Å²) in [6.07, 6.45) is 5.60. The summed E-state index contributed by atoms with van der Waals surface area (Å²) < 4.78 is 5.41. The lowest BCUT2D eigenvalue weighted by molar-refractivity contribution is 0.0375. The molecule has 1 aromatic heterocycles. The fraction of sp³-hybridized carbons (Fsp3) is 0.346. The topological polar surface area (TPSA) is 90.7 Å². The SMILES string of the molecule is NC1(c2cccc(Cc3cc4ccccc4[nH]3)c2)N=CC=C(NCCCN2CCOCC2)N1. The van der Waals surface area contributed by atoms with Crippen molar-refractivity contribution in [1.82, 2.24) is 20.5 Å². The van der Waals surface area contributed by atoms with Crippen LogP contribution in [0.15, 0.2) is 71.5 Å². The van der Waals surface area contributed by atoms with Gasteiger partial charge in [-0.25, -0.2) is 4.99 Å². The number of H-pyrrole nitrogens is 1. The molecule has 3 aromatic rings. The van der Waals surface area contributed by atoms with Gasteiger partial charge in [0.25, 0.3) is 0 Å². The second kappa shape index (κ2) is 9.79. The molecule has 1 atom stereocenters. The third-order valence-electron chi connectivity index (χ3n) is 6.26. The first-order valence-electron chi connectivity index (χ1n) is 11.7. The van der Waals surface area contributed by atoms with Crippen LogP contribution in [-0.2, 0) is 16.9 Å². The third-order valence-corrected chi connectivity index (χ3v) is 6.26. The molecular weight excluding hydrogens is 412 g/mol. The lowest BCUT2D eigenvalue weighted by Crippen LogP contribution is -2.52. The van der Waals surface area contributed by atoms with Gasteiger partial charge in [-0.3, -0.25) is 10.6 Å². The van der Waals surface area contributed by atoms with Crippen LogP contribution in [0.2, 0.25) is 0 Å². The minimum Gasteiger partial charge on any atom is -0.379 e. The molecule has 3 heterocycles. The molecule has 172 valence electrons. The Morgan fingerprint density at radius 1 is 1.09 bits per heavy atom. The number of aromatic nitrogens is 1. The van der Waals surface area contributed by atoms with Crippen molar-refractivity contribution in [1.29, 1.82) is 0 Å². The van der Waals surface area contributed by atoms with Crippen molar-refractivity contribution in [3.8, 4) is 0 Å². The van der Waals surface area contributed by atoms with E-state index in [9.17, 15) is 0 Å². The Labute approximate surface area is 194 Å². The van der Waals surface area contributed by atoms with Crippen molar-refractivity contribution < 1.29 is 4.74 Å². The van der Waals surface area contributed by atoms with E-state index in [1.807, 2.05) is 18.2 Å². The zero-order valence-electron chi connectivity index (χ0n) is 18.9. The normalized spacial score (nSPS) is 21.1. The number of hydrogen-bond acceptors (Lipinski definition) is 6. The van der Waals surface area contributed by atoms with Gasteiger partial charge in [0.15, 0.2) is 0 Å². The maximum atomic E-state index is 6.70. The summed E-state index contributed by atoms with van der Waals surface area (Å²) in [7, 11) is 0. The number of ether oxygens (including phenoxy) is 1. The molecule has 33 heavy (non-hydrogen) atoms. The Bertz CT molecular complexity index is 1110. The van der Waals surface area contributed by atoms with E-state index in [4.69, 9.17) is 10.5 Å². The first-order chi connectivity index (χ1) is 16.2. The zero-order valence-corrected chi connectivity index (χ0v) is 18.9. The van der Waals surface area contributed by atoms with Crippen molar-refractivity contribution in [2.75, 3.05) is 39.4 Å². The molecule has 5 N–H and O–H groups in total. The van der Waals surface area contributed by atoms with Gasteiger partial charge < -0.3 is 20.4 Å². The highest BCUT2D eigenvalue weighted by Crippen LogP contribution is 2.23. The van der Waals surface area contributed by atoms with Gasteiger partial charge in [-0.1, -0.05) is 36.4 Å². The quantitative estimate of drug-likeness (QED) is 0.401. The van der Waals surface area contributed by atoms with Gasteiger partial charge in [0.2, 0.25) is 5.79 Å². The van der Waals surface area contributed by atoms with E-state index >= 15 is 0 Å². The van der Waals surface area contributed by atoms with Crippen molar-refractivity contribution in [2.45, 2.75) is 18.6 Å². The van der Waals surface area contributed by atoms with E-state index in [2.05, 4.69) is 68.0 Å². The second-order valence-electron chi connectivity index (χ2n) is 8.74. The number of benzene rings is 2. The molecule has 0 spiro atoms. The number of hydrogen-bond donors (Lipinski definition) is 4. The van der Waals surface area contributed by atoms with E-state index in [0.717, 1.165) is 69.1 Å². The molecule has 1 fully saturated rings. The number of morpholine rings is 1. The number of nitrogens with one attached hydrogen (secondary N) is 3. The summed E-state index contributed by atoms with van der Waals surface area (Å²) >= 11 is 0. The summed E-state index contributed by atoms with van der Waals surface area (Å²) in [4.78, 5) is 10.5. The monoisotopic (exact) mass is 444 g/mol. The molecule has 0 bridgehead atoms. The van der Waals surface area contributed by atoms with Gasteiger partial charge in [0, 0.05) is 49.0 Å². The van der Waals surface area contributed by atoms with Crippen molar-refractivity contribution in [3.05, 3.63) is 83.3 Å². The Balaban J connectivity index is 1.19. The lowest BCUT2D eigenvalue weighted by atomic mass is 10.0. The Hall–Kier alpha value is -3.13. The number of allylic oxidation sites excluding steroid dienone is 1. The lowest BCUT2D eigenvalue weighted by Gasteiger charge is -2.32. The summed E-state index contributed by atoms with van der Waals surface area (Å²) in [5, 5.41) is 8.09. The van der Waals surface area contributed by atoms with Crippen LogP contribution >= 0.6 is 0 Å². The van der Waals surface area contributed by atoms with Crippen LogP contribution < -0.4 is 16.4 Å². The largest absolute Gasteiger partial charge is 0.379 e. The Morgan fingerprint density at radius 2 is 1.97 bits per heavy atom. The van der Waals surface area contributed by atoms with E-state index in [-0.39, 0.29) is 0 Å². The van der Waals surface area contributed by atoms with Gasteiger partial charge in [-0.05, 0) is 48.2 Å². The summed E-state index contributed by atoms with van der Waals surface area (Å²) in [6, 6.07) is 18.9. The number of nitrogens with zero attached hydrogens (tertiary/aromatic N) is 2. The van der Waals surface area contributed by atoms with Gasteiger partial charge in [0.05, 0.1) is 13.2 Å². The average Bonchev–Trinajstić information content (AvgIpc) is 3.25. The number of aliphatic imine (C=N–C) groups is 1. The molecule has 1 saturated heterocycles.